The van der Waals surface area contributed by atoms with Gasteiger partial charge in [0, 0.05) is 0 Å². The van der Waals surface area contributed by atoms with Crippen LogP contribution in [0.2, 0.25) is 0 Å². The smallest absolute Gasteiger partial charge is 0.110 e. The van der Waals surface area contributed by atoms with Crippen LogP contribution < -0.4 is 0 Å². The molecule has 3 saturated carbocycles. The van der Waals surface area contributed by atoms with Crippen LogP contribution in [0, 0.1) is 23.2 Å². The van der Waals surface area contributed by atoms with Gasteiger partial charge in [0.1, 0.15) is 23.0 Å². The second kappa shape index (κ2) is 5.34. The van der Waals surface area contributed by atoms with Gasteiger partial charge in [-0.05, 0) is 79.3 Å². The Morgan fingerprint density at radius 2 is 2.14 bits per heavy atom. The molecule has 0 aromatic heterocycles. The Bertz CT molecular complexity index is 497. The Labute approximate surface area is 141 Å². The first-order valence-corrected chi connectivity index (χ1v) is 9.38. The van der Waals surface area contributed by atoms with Crippen molar-refractivity contribution in [3.63, 3.8) is 0 Å². The number of hydrogen-bond acceptors (Lipinski definition) is 2. The molecule has 2 nitrogen and oxygen atoms in total. The van der Waals surface area contributed by atoms with Crippen molar-refractivity contribution in [2.45, 2.75) is 64.1 Å². The molecule has 0 heterocycles. The van der Waals surface area contributed by atoms with Crippen LogP contribution in [-0.2, 0) is 3.07 Å². The molecule has 116 valence electrons. The van der Waals surface area contributed by atoms with Crippen molar-refractivity contribution in [1.82, 2.24) is 0 Å². The van der Waals surface area contributed by atoms with E-state index in [4.69, 9.17) is 3.07 Å². The quantitative estimate of drug-likeness (QED) is 0.654. The van der Waals surface area contributed by atoms with E-state index in [0.717, 1.165) is 24.2 Å². The van der Waals surface area contributed by atoms with Crippen LogP contribution in [0.25, 0.3) is 0 Å². The second-order valence-electron chi connectivity index (χ2n) is 7.77. The van der Waals surface area contributed by atoms with Crippen molar-refractivity contribution in [1.29, 1.82) is 0 Å². The van der Waals surface area contributed by atoms with E-state index in [-0.39, 0.29) is 6.10 Å². The molecule has 4 rings (SSSR count). The maximum Gasteiger partial charge on any atom is 0.110 e. The SMILES string of the molecule is CC12CCC3C4=CCC(O)C=C4CCC3[C@@H]1CC[C@@H]2OI. The largest absolute Gasteiger partial charge is 0.389 e. The minimum Gasteiger partial charge on any atom is -0.389 e. The Morgan fingerprint density at radius 1 is 1.29 bits per heavy atom. The van der Waals surface area contributed by atoms with E-state index in [9.17, 15) is 5.11 Å². The van der Waals surface area contributed by atoms with Crippen LogP contribution in [0.3, 0.4) is 0 Å². The molecule has 4 aliphatic rings. The van der Waals surface area contributed by atoms with Crippen molar-refractivity contribution in [3.05, 3.63) is 23.3 Å². The highest BCUT2D eigenvalue weighted by atomic mass is 127. The van der Waals surface area contributed by atoms with Crippen molar-refractivity contribution >= 4 is 23.0 Å². The third-order valence-electron chi connectivity index (χ3n) is 6.95. The monoisotopic (exact) mass is 400 g/mol. The lowest BCUT2D eigenvalue weighted by Crippen LogP contribution is -2.45. The zero-order valence-corrected chi connectivity index (χ0v) is 14.9. The molecule has 21 heavy (non-hydrogen) atoms. The van der Waals surface area contributed by atoms with Crippen LogP contribution in [0.1, 0.15) is 51.9 Å². The van der Waals surface area contributed by atoms with E-state index in [1.165, 1.54) is 44.1 Å². The van der Waals surface area contributed by atoms with Gasteiger partial charge in [-0.3, -0.25) is 0 Å². The lowest BCUT2D eigenvalue weighted by atomic mass is 9.54. The van der Waals surface area contributed by atoms with Crippen molar-refractivity contribution in [2.24, 2.45) is 23.2 Å². The van der Waals surface area contributed by atoms with E-state index in [1.807, 2.05) is 0 Å². The van der Waals surface area contributed by atoms with Gasteiger partial charge < -0.3 is 8.17 Å². The molecule has 4 aliphatic carbocycles. The van der Waals surface area contributed by atoms with Gasteiger partial charge in [-0.25, -0.2) is 0 Å². The Balaban J connectivity index is 1.63. The van der Waals surface area contributed by atoms with Gasteiger partial charge in [0.15, 0.2) is 0 Å². The molecule has 3 fully saturated rings. The molecular weight excluding hydrogens is 375 g/mol. The van der Waals surface area contributed by atoms with E-state index in [1.54, 1.807) is 5.57 Å². The summed E-state index contributed by atoms with van der Waals surface area (Å²) in [6, 6.07) is 0. The number of allylic oxidation sites excluding steroid dienone is 2. The number of halogens is 1. The fourth-order valence-electron chi connectivity index (χ4n) is 5.89. The predicted octanol–water partition coefficient (Wildman–Crippen LogP) is 4.58. The summed E-state index contributed by atoms with van der Waals surface area (Å²) in [6.07, 6.45) is 13.2. The number of aliphatic hydroxyl groups excluding tert-OH is 1. The molecule has 4 unspecified atom stereocenters. The molecule has 3 heteroatoms. The summed E-state index contributed by atoms with van der Waals surface area (Å²) in [5.74, 6) is 2.44. The van der Waals surface area contributed by atoms with E-state index < -0.39 is 0 Å². The first-order valence-electron chi connectivity index (χ1n) is 8.50. The summed E-state index contributed by atoms with van der Waals surface area (Å²) in [7, 11) is 0. The van der Waals surface area contributed by atoms with Gasteiger partial charge in [0.25, 0.3) is 0 Å². The number of rotatable bonds is 1. The molecule has 0 aromatic rings. The number of hydrogen-bond donors (Lipinski definition) is 1. The molecule has 0 radical (unpaired) electrons. The summed E-state index contributed by atoms with van der Waals surface area (Å²) in [5, 5.41) is 9.86. The van der Waals surface area contributed by atoms with Crippen LogP contribution in [-0.4, -0.2) is 17.3 Å². The summed E-state index contributed by atoms with van der Waals surface area (Å²) >= 11 is 2.12. The summed E-state index contributed by atoms with van der Waals surface area (Å²) in [6.45, 7) is 2.48. The topological polar surface area (TPSA) is 29.5 Å². The zero-order chi connectivity index (χ0) is 14.6. The molecule has 0 amide bonds. The van der Waals surface area contributed by atoms with Crippen LogP contribution >= 0.6 is 23.0 Å². The van der Waals surface area contributed by atoms with Gasteiger partial charge in [-0.2, -0.15) is 0 Å². The fourth-order valence-corrected chi connectivity index (χ4v) is 6.72. The zero-order valence-electron chi connectivity index (χ0n) is 12.7. The molecule has 0 saturated heterocycles. The molecule has 0 aliphatic heterocycles. The maximum absolute atomic E-state index is 9.86. The van der Waals surface area contributed by atoms with E-state index >= 15 is 0 Å². The van der Waals surface area contributed by atoms with Crippen LogP contribution in [0.15, 0.2) is 23.3 Å². The third-order valence-corrected chi connectivity index (χ3v) is 7.56. The highest BCUT2D eigenvalue weighted by Gasteiger charge is 2.55. The molecule has 0 bridgehead atoms. The average Bonchev–Trinajstić information content (AvgIpc) is 2.83. The summed E-state index contributed by atoms with van der Waals surface area (Å²) in [4.78, 5) is 0. The van der Waals surface area contributed by atoms with Crippen LogP contribution in [0.5, 0.6) is 0 Å². The molecule has 0 spiro atoms. The third kappa shape index (κ3) is 2.18. The lowest BCUT2D eigenvalue weighted by molar-refractivity contribution is -0.00551. The van der Waals surface area contributed by atoms with E-state index in [0.29, 0.717) is 11.5 Å². The van der Waals surface area contributed by atoms with Crippen molar-refractivity contribution < 1.29 is 8.17 Å². The fraction of sp³-hybridized carbons (Fsp3) is 0.778. The highest BCUT2D eigenvalue weighted by Crippen LogP contribution is 2.61. The molecular formula is C18H25IO2. The van der Waals surface area contributed by atoms with Crippen molar-refractivity contribution in [2.75, 3.05) is 0 Å². The number of fused-ring (bicyclic) bond motifs is 5. The van der Waals surface area contributed by atoms with Gasteiger partial charge >= 0.3 is 0 Å². The normalized spacial score (nSPS) is 48.8. The van der Waals surface area contributed by atoms with Crippen molar-refractivity contribution in [3.8, 4) is 0 Å². The van der Waals surface area contributed by atoms with E-state index in [2.05, 4.69) is 42.1 Å². The molecule has 6 atom stereocenters. The highest BCUT2D eigenvalue weighted by molar-refractivity contribution is 14.1. The van der Waals surface area contributed by atoms with Crippen LogP contribution in [0.4, 0.5) is 0 Å². The molecule has 0 aromatic carbocycles. The standard InChI is InChI=1S/C18H25IO2/c1-18-9-8-14-13-5-3-12(20)10-11(13)2-4-15(14)16(18)6-7-17(18)21-19/h5,10,12,14-17,20H,2-4,6-9H2,1H3/t12?,14?,15?,16-,17-,18?/m0/s1. The number of aliphatic hydroxyl groups is 1. The maximum atomic E-state index is 9.86. The predicted molar refractivity (Wildman–Crippen MR) is 92.0 cm³/mol. The summed E-state index contributed by atoms with van der Waals surface area (Å²) in [5.41, 5.74) is 3.45. The Morgan fingerprint density at radius 3 is 2.95 bits per heavy atom. The first-order chi connectivity index (χ1) is 10.1. The summed E-state index contributed by atoms with van der Waals surface area (Å²) < 4.78 is 5.79. The lowest BCUT2D eigenvalue weighted by Gasteiger charge is -2.51. The minimum absolute atomic E-state index is 0.238. The Hall–Kier alpha value is 0.130. The Kier molecular flexibility index (Phi) is 3.74. The van der Waals surface area contributed by atoms with Gasteiger partial charge in [0.05, 0.1) is 12.2 Å². The average molecular weight is 400 g/mol. The van der Waals surface area contributed by atoms with Gasteiger partial charge in [-0.15, -0.1) is 0 Å². The second-order valence-corrected chi connectivity index (χ2v) is 8.28. The van der Waals surface area contributed by atoms with Gasteiger partial charge in [0.2, 0.25) is 0 Å². The minimum atomic E-state index is -0.238. The first kappa shape index (κ1) is 14.7. The molecule has 1 N–H and O–H groups in total. The van der Waals surface area contributed by atoms with Gasteiger partial charge in [-0.1, -0.05) is 19.1 Å².